The molecule has 5 nitrogen and oxygen atoms in total. The van der Waals surface area contributed by atoms with Crippen molar-refractivity contribution in [3.05, 3.63) is 88.4 Å². The molecule has 2 aliphatic rings. The minimum atomic E-state index is -3.58. The highest BCUT2D eigenvalue weighted by atomic mass is 35.5. The number of rotatable bonds is 4. The van der Waals surface area contributed by atoms with Crippen molar-refractivity contribution in [1.82, 2.24) is 4.31 Å². The van der Waals surface area contributed by atoms with E-state index in [9.17, 15) is 8.42 Å². The SMILES string of the molecule is Cc1ccc(C2(c3ccc(Cl)cc3)Oc3ccc(S(=O)(=O)N4CCCCC4)cc3O2)cc1. The third-order valence-corrected chi connectivity index (χ3v) is 8.18. The first-order valence-corrected chi connectivity index (χ1v) is 12.6. The Morgan fingerprint density at radius 2 is 1.41 bits per heavy atom. The summed E-state index contributed by atoms with van der Waals surface area (Å²) in [6.45, 7) is 3.12. The van der Waals surface area contributed by atoms with E-state index >= 15 is 0 Å². The summed E-state index contributed by atoms with van der Waals surface area (Å²) in [5.41, 5.74) is 2.69. The van der Waals surface area contributed by atoms with E-state index in [1.807, 2.05) is 43.3 Å². The van der Waals surface area contributed by atoms with Crippen LogP contribution in [-0.4, -0.2) is 25.8 Å². The van der Waals surface area contributed by atoms with Gasteiger partial charge in [-0.15, -0.1) is 0 Å². The van der Waals surface area contributed by atoms with Crippen LogP contribution in [0, 0.1) is 6.92 Å². The summed E-state index contributed by atoms with van der Waals surface area (Å²) >= 11 is 6.11. The molecule has 5 rings (SSSR count). The first kappa shape index (κ1) is 21.3. The Kier molecular flexibility index (Phi) is 5.40. The van der Waals surface area contributed by atoms with Crippen molar-refractivity contribution in [2.45, 2.75) is 36.9 Å². The zero-order chi connectivity index (χ0) is 22.3. The van der Waals surface area contributed by atoms with Crippen LogP contribution in [0.3, 0.4) is 0 Å². The van der Waals surface area contributed by atoms with Gasteiger partial charge in [0, 0.05) is 35.3 Å². The van der Waals surface area contributed by atoms with Gasteiger partial charge in [0.1, 0.15) is 0 Å². The lowest BCUT2D eigenvalue weighted by Gasteiger charge is -2.29. The largest absolute Gasteiger partial charge is 0.440 e. The van der Waals surface area contributed by atoms with E-state index in [0.717, 1.165) is 36.0 Å². The molecule has 2 heterocycles. The fourth-order valence-corrected chi connectivity index (χ4v) is 5.90. The van der Waals surface area contributed by atoms with Crippen LogP contribution in [0.2, 0.25) is 5.02 Å². The summed E-state index contributed by atoms with van der Waals surface area (Å²) < 4.78 is 40.7. The maximum atomic E-state index is 13.2. The lowest BCUT2D eigenvalue weighted by molar-refractivity contribution is -0.0459. The topological polar surface area (TPSA) is 55.8 Å². The van der Waals surface area contributed by atoms with Crippen LogP contribution in [0.4, 0.5) is 0 Å². The van der Waals surface area contributed by atoms with Gasteiger partial charge in [-0.2, -0.15) is 4.31 Å². The molecule has 32 heavy (non-hydrogen) atoms. The highest BCUT2D eigenvalue weighted by Crippen LogP contribution is 2.48. The number of piperidine rings is 1. The van der Waals surface area contributed by atoms with E-state index in [2.05, 4.69) is 0 Å². The molecule has 0 aromatic heterocycles. The number of nitrogens with zero attached hydrogens (tertiary/aromatic N) is 1. The minimum absolute atomic E-state index is 0.220. The zero-order valence-electron chi connectivity index (χ0n) is 17.8. The van der Waals surface area contributed by atoms with Gasteiger partial charge >= 0.3 is 5.79 Å². The molecular formula is C25H24ClNO4S. The van der Waals surface area contributed by atoms with Gasteiger partial charge in [-0.1, -0.05) is 47.9 Å². The molecule has 0 radical (unpaired) electrons. The van der Waals surface area contributed by atoms with Crippen molar-refractivity contribution in [1.29, 1.82) is 0 Å². The summed E-state index contributed by atoms with van der Waals surface area (Å²) in [6, 6.07) is 20.1. The van der Waals surface area contributed by atoms with E-state index in [1.165, 1.54) is 0 Å². The van der Waals surface area contributed by atoms with Crippen molar-refractivity contribution < 1.29 is 17.9 Å². The fraction of sp³-hybridized carbons (Fsp3) is 0.280. The van der Waals surface area contributed by atoms with E-state index in [0.29, 0.717) is 29.6 Å². The second kappa shape index (κ2) is 8.10. The number of ether oxygens (including phenoxy) is 2. The Labute approximate surface area is 193 Å². The number of aryl methyl sites for hydroxylation is 1. The molecule has 3 aromatic carbocycles. The molecular weight excluding hydrogens is 446 g/mol. The van der Waals surface area contributed by atoms with Crippen LogP contribution in [-0.2, 0) is 15.8 Å². The van der Waals surface area contributed by atoms with Gasteiger partial charge in [0.05, 0.1) is 4.90 Å². The monoisotopic (exact) mass is 469 g/mol. The Hall–Kier alpha value is -2.54. The summed E-state index contributed by atoms with van der Waals surface area (Å²) in [6.07, 6.45) is 2.83. The highest BCUT2D eigenvalue weighted by molar-refractivity contribution is 7.89. The van der Waals surface area contributed by atoms with E-state index in [-0.39, 0.29) is 4.90 Å². The van der Waals surface area contributed by atoms with E-state index in [1.54, 1.807) is 34.6 Å². The first-order chi connectivity index (χ1) is 15.4. The zero-order valence-corrected chi connectivity index (χ0v) is 19.3. The first-order valence-electron chi connectivity index (χ1n) is 10.7. The summed E-state index contributed by atoms with van der Waals surface area (Å²) in [5.74, 6) is -0.328. The van der Waals surface area contributed by atoms with Crippen molar-refractivity contribution in [2.24, 2.45) is 0 Å². The molecule has 1 fully saturated rings. The van der Waals surface area contributed by atoms with Crippen molar-refractivity contribution in [2.75, 3.05) is 13.1 Å². The number of benzene rings is 3. The van der Waals surface area contributed by atoms with Gasteiger partial charge in [0.15, 0.2) is 11.5 Å². The maximum Gasteiger partial charge on any atom is 0.305 e. The maximum absolute atomic E-state index is 13.2. The van der Waals surface area contributed by atoms with Gasteiger partial charge in [-0.3, -0.25) is 0 Å². The molecule has 0 saturated carbocycles. The molecule has 1 unspecified atom stereocenters. The van der Waals surface area contributed by atoms with Crippen LogP contribution in [0.15, 0.2) is 71.6 Å². The van der Waals surface area contributed by atoms with Crippen LogP contribution in [0.5, 0.6) is 11.5 Å². The van der Waals surface area contributed by atoms with Crippen LogP contribution in [0.25, 0.3) is 0 Å². The third-order valence-electron chi connectivity index (χ3n) is 6.03. The molecule has 0 aliphatic carbocycles. The molecule has 0 amide bonds. The van der Waals surface area contributed by atoms with Crippen LogP contribution >= 0.6 is 11.6 Å². The normalized spacial score (nSPS) is 20.9. The number of hydrogen-bond donors (Lipinski definition) is 0. The van der Waals surface area contributed by atoms with Gasteiger partial charge in [-0.25, -0.2) is 8.42 Å². The Morgan fingerprint density at radius 1 is 0.812 bits per heavy atom. The van der Waals surface area contributed by atoms with Crippen molar-refractivity contribution in [3.8, 4) is 11.5 Å². The minimum Gasteiger partial charge on any atom is -0.440 e. The molecule has 0 spiro atoms. The Balaban J connectivity index is 1.56. The number of sulfonamides is 1. The molecule has 166 valence electrons. The summed E-state index contributed by atoms with van der Waals surface area (Å²) in [7, 11) is -3.58. The van der Waals surface area contributed by atoms with E-state index in [4.69, 9.17) is 21.1 Å². The smallest absolute Gasteiger partial charge is 0.305 e. The molecule has 7 heteroatoms. The average molecular weight is 470 g/mol. The Bertz CT molecular complexity index is 1190. The van der Waals surface area contributed by atoms with Gasteiger partial charge in [0.2, 0.25) is 10.0 Å². The lowest BCUT2D eigenvalue weighted by atomic mass is 9.96. The van der Waals surface area contributed by atoms with Crippen LogP contribution in [0.1, 0.15) is 36.0 Å². The molecule has 1 saturated heterocycles. The molecule has 1 atom stereocenters. The predicted molar refractivity (Wildman–Crippen MR) is 124 cm³/mol. The van der Waals surface area contributed by atoms with Gasteiger partial charge in [-0.05, 0) is 56.2 Å². The number of fused-ring (bicyclic) bond motifs is 1. The van der Waals surface area contributed by atoms with Gasteiger partial charge in [0.25, 0.3) is 0 Å². The second-order valence-corrected chi connectivity index (χ2v) is 10.6. The summed E-state index contributed by atoms with van der Waals surface area (Å²) in [5, 5.41) is 0.609. The summed E-state index contributed by atoms with van der Waals surface area (Å²) in [4.78, 5) is 0.220. The quantitative estimate of drug-likeness (QED) is 0.506. The average Bonchev–Trinajstić information content (AvgIpc) is 3.20. The van der Waals surface area contributed by atoms with Gasteiger partial charge < -0.3 is 9.47 Å². The third kappa shape index (κ3) is 3.66. The van der Waals surface area contributed by atoms with E-state index < -0.39 is 15.8 Å². The van der Waals surface area contributed by atoms with Crippen LogP contribution < -0.4 is 9.47 Å². The fourth-order valence-electron chi connectivity index (χ4n) is 4.24. The molecule has 0 bridgehead atoms. The van der Waals surface area contributed by atoms with Crippen molar-refractivity contribution in [3.63, 3.8) is 0 Å². The molecule has 0 N–H and O–H groups in total. The highest BCUT2D eigenvalue weighted by Gasteiger charge is 2.46. The number of hydrogen-bond acceptors (Lipinski definition) is 4. The standard InChI is InChI=1S/C25H24ClNO4S/c1-18-5-7-19(8-6-18)25(20-9-11-21(26)12-10-20)30-23-14-13-22(17-24(23)31-25)32(28,29)27-15-3-2-4-16-27/h5-14,17H,2-4,15-16H2,1H3. The molecule has 3 aromatic rings. The predicted octanol–water partition coefficient (Wildman–Crippen LogP) is 5.50. The van der Waals surface area contributed by atoms with Crippen molar-refractivity contribution >= 4 is 21.6 Å². The molecule has 2 aliphatic heterocycles. The lowest BCUT2D eigenvalue weighted by Crippen LogP contribution is -2.36. The number of halogens is 1. The second-order valence-electron chi connectivity index (χ2n) is 8.27. The Morgan fingerprint density at radius 3 is 2.06 bits per heavy atom.